The molecule has 17 heavy (non-hydrogen) atoms. The van der Waals surface area contributed by atoms with Crippen molar-refractivity contribution in [3.05, 3.63) is 0 Å². The standard InChI is InChI=1S/C11H21N3O3/c1-8(2)17-7-11(16)14(6-10(12)15)9-3-4-13-5-9/h8-9,13H,3-7H2,1-2H3,(H2,12,15). The van der Waals surface area contributed by atoms with E-state index in [4.69, 9.17) is 10.5 Å². The van der Waals surface area contributed by atoms with Gasteiger partial charge in [0.1, 0.15) is 6.61 Å². The smallest absolute Gasteiger partial charge is 0.249 e. The Morgan fingerprint density at radius 2 is 2.24 bits per heavy atom. The molecular weight excluding hydrogens is 222 g/mol. The zero-order valence-corrected chi connectivity index (χ0v) is 10.4. The minimum absolute atomic E-state index is 0.00144. The third-order valence-electron chi connectivity index (χ3n) is 2.66. The molecule has 1 aliphatic heterocycles. The average Bonchev–Trinajstić information content (AvgIpc) is 2.75. The van der Waals surface area contributed by atoms with Crippen LogP contribution < -0.4 is 11.1 Å². The highest BCUT2D eigenvalue weighted by molar-refractivity contribution is 5.84. The fourth-order valence-corrected chi connectivity index (χ4v) is 1.82. The molecule has 1 unspecified atom stereocenters. The number of hydrogen-bond donors (Lipinski definition) is 2. The zero-order chi connectivity index (χ0) is 12.8. The Labute approximate surface area is 101 Å². The average molecular weight is 243 g/mol. The normalized spacial score (nSPS) is 19.6. The largest absolute Gasteiger partial charge is 0.369 e. The van der Waals surface area contributed by atoms with Crippen molar-refractivity contribution in [2.75, 3.05) is 26.2 Å². The highest BCUT2D eigenvalue weighted by atomic mass is 16.5. The quantitative estimate of drug-likeness (QED) is 0.632. The van der Waals surface area contributed by atoms with Crippen LogP contribution in [-0.2, 0) is 14.3 Å². The number of amides is 2. The van der Waals surface area contributed by atoms with Crippen molar-refractivity contribution in [3.8, 4) is 0 Å². The summed E-state index contributed by atoms with van der Waals surface area (Å²) < 4.78 is 5.26. The van der Waals surface area contributed by atoms with Gasteiger partial charge in [-0.15, -0.1) is 0 Å². The maximum Gasteiger partial charge on any atom is 0.249 e. The van der Waals surface area contributed by atoms with Gasteiger partial charge in [0.25, 0.3) is 0 Å². The molecule has 0 spiro atoms. The molecule has 0 aromatic carbocycles. The SMILES string of the molecule is CC(C)OCC(=O)N(CC(N)=O)C1CCNC1. The molecule has 1 aliphatic rings. The number of nitrogens with two attached hydrogens (primary N) is 1. The van der Waals surface area contributed by atoms with E-state index >= 15 is 0 Å². The summed E-state index contributed by atoms with van der Waals surface area (Å²) in [6.45, 7) is 5.26. The summed E-state index contributed by atoms with van der Waals surface area (Å²) in [4.78, 5) is 24.4. The van der Waals surface area contributed by atoms with Gasteiger partial charge in [-0.3, -0.25) is 9.59 Å². The number of primary amides is 1. The molecule has 98 valence electrons. The molecule has 0 aliphatic carbocycles. The van der Waals surface area contributed by atoms with Gasteiger partial charge in [-0.25, -0.2) is 0 Å². The maximum absolute atomic E-state index is 11.9. The Balaban J connectivity index is 2.54. The van der Waals surface area contributed by atoms with Gasteiger partial charge in [0, 0.05) is 12.6 Å². The van der Waals surface area contributed by atoms with Crippen molar-refractivity contribution < 1.29 is 14.3 Å². The number of nitrogens with one attached hydrogen (secondary N) is 1. The predicted octanol–water partition coefficient (Wildman–Crippen LogP) is -0.913. The first kappa shape index (κ1) is 13.9. The van der Waals surface area contributed by atoms with Crippen LogP contribution >= 0.6 is 0 Å². The number of carbonyl (C=O) groups excluding carboxylic acids is 2. The highest BCUT2D eigenvalue weighted by Crippen LogP contribution is 2.09. The molecule has 1 saturated heterocycles. The van der Waals surface area contributed by atoms with Crippen LogP contribution in [0.25, 0.3) is 0 Å². The third kappa shape index (κ3) is 4.70. The van der Waals surface area contributed by atoms with E-state index in [1.807, 2.05) is 13.8 Å². The Kier molecular flexibility index (Phi) is 5.37. The number of carbonyl (C=O) groups is 2. The summed E-state index contributed by atoms with van der Waals surface area (Å²) >= 11 is 0. The molecule has 1 atom stereocenters. The van der Waals surface area contributed by atoms with Crippen LogP contribution in [0.2, 0.25) is 0 Å². The topological polar surface area (TPSA) is 84.7 Å². The Morgan fingerprint density at radius 3 is 2.71 bits per heavy atom. The van der Waals surface area contributed by atoms with E-state index < -0.39 is 5.91 Å². The van der Waals surface area contributed by atoms with E-state index in [1.165, 1.54) is 4.90 Å². The van der Waals surface area contributed by atoms with E-state index in [0.29, 0.717) is 6.54 Å². The zero-order valence-electron chi connectivity index (χ0n) is 10.4. The number of nitrogens with zero attached hydrogens (tertiary/aromatic N) is 1. The molecular formula is C11H21N3O3. The van der Waals surface area contributed by atoms with E-state index in [9.17, 15) is 9.59 Å². The molecule has 1 heterocycles. The van der Waals surface area contributed by atoms with Gasteiger partial charge >= 0.3 is 0 Å². The van der Waals surface area contributed by atoms with Gasteiger partial charge in [-0.1, -0.05) is 0 Å². The fraction of sp³-hybridized carbons (Fsp3) is 0.818. The van der Waals surface area contributed by atoms with Gasteiger partial charge in [-0.2, -0.15) is 0 Å². The summed E-state index contributed by atoms with van der Waals surface area (Å²) in [5, 5.41) is 3.16. The van der Waals surface area contributed by atoms with Crippen molar-refractivity contribution in [3.63, 3.8) is 0 Å². The Morgan fingerprint density at radius 1 is 1.53 bits per heavy atom. The van der Waals surface area contributed by atoms with Gasteiger partial charge in [0.15, 0.2) is 0 Å². The van der Waals surface area contributed by atoms with Crippen LogP contribution in [-0.4, -0.2) is 55.1 Å². The molecule has 0 bridgehead atoms. The lowest BCUT2D eigenvalue weighted by Gasteiger charge is -2.27. The summed E-state index contributed by atoms with van der Waals surface area (Å²) in [6, 6.07) is 0.0470. The van der Waals surface area contributed by atoms with Crippen molar-refractivity contribution in [1.29, 1.82) is 0 Å². The monoisotopic (exact) mass is 243 g/mol. The predicted molar refractivity (Wildman–Crippen MR) is 63.3 cm³/mol. The van der Waals surface area contributed by atoms with Crippen LogP contribution in [0.15, 0.2) is 0 Å². The lowest BCUT2D eigenvalue weighted by atomic mass is 10.2. The second-order valence-corrected chi connectivity index (χ2v) is 4.49. The summed E-state index contributed by atoms with van der Waals surface area (Å²) in [6.07, 6.45) is 0.844. The molecule has 2 amide bonds. The van der Waals surface area contributed by atoms with E-state index in [1.54, 1.807) is 0 Å². The van der Waals surface area contributed by atoms with Crippen molar-refractivity contribution in [1.82, 2.24) is 10.2 Å². The number of hydrogen-bond acceptors (Lipinski definition) is 4. The Hall–Kier alpha value is -1.14. The first-order valence-corrected chi connectivity index (χ1v) is 5.90. The van der Waals surface area contributed by atoms with Crippen LogP contribution in [0.4, 0.5) is 0 Å². The molecule has 0 aromatic heterocycles. The second-order valence-electron chi connectivity index (χ2n) is 4.49. The lowest BCUT2D eigenvalue weighted by molar-refractivity contribution is -0.142. The second kappa shape index (κ2) is 6.56. The molecule has 0 radical (unpaired) electrons. The fourth-order valence-electron chi connectivity index (χ4n) is 1.82. The summed E-state index contributed by atoms with van der Waals surface area (Å²) in [5.41, 5.74) is 5.16. The van der Waals surface area contributed by atoms with E-state index in [-0.39, 0.29) is 31.2 Å². The molecule has 6 heteroatoms. The highest BCUT2D eigenvalue weighted by Gasteiger charge is 2.27. The first-order valence-electron chi connectivity index (χ1n) is 5.90. The summed E-state index contributed by atoms with van der Waals surface area (Å²) in [5.74, 6) is -0.666. The van der Waals surface area contributed by atoms with Crippen LogP contribution in [0.3, 0.4) is 0 Å². The summed E-state index contributed by atoms with van der Waals surface area (Å²) in [7, 11) is 0. The molecule has 0 saturated carbocycles. The van der Waals surface area contributed by atoms with Crippen molar-refractivity contribution >= 4 is 11.8 Å². The van der Waals surface area contributed by atoms with Crippen molar-refractivity contribution in [2.24, 2.45) is 5.73 Å². The van der Waals surface area contributed by atoms with Crippen LogP contribution in [0.1, 0.15) is 20.3 Å². The minimum Gasteiger partial charge on any atom is -0.369 e. The van der Waals surface area contributed by atoms with Crippen LogP contribution in [0, 0.1) is 0 Å². The number of ether oxygens (including phenoxy) is 1. The van der Waals surface area contributed by atoms with Gasteiger partial charge in [-0.05, 0) is 26.8 Å². The Bertz CT molecular complexity index is 275. The minimum atomic E-state index is -0.491. The van der Waals surface area contributed by atoms with E-state index in [2.05, 4.69) is 5.32 Å². The van der Waals surface area contributed by atoms with Crippen LogP contribution in [0.5, 0.6) is 0 Å². The third-order valence-corrected chi connectivity index (χ3v) is 2.66. The van der Waals surface area contributed by atoms with Gasteiger partial charge in [0.05, 0.1) is 12.6 Å². The molecule has 6 nitrogen and oxygen atoms in total. The van der Waals surface area contributed by atoms with Gasteiger partial charge in [0.2, 0.25) is 11.8 Å². The van der Waals surface area contributed by atoms with Crippen molar-refractivity contribution in [2.45, 2.75) is 32.4 Å². The molecule has 1 fully saturated rings. The molecule has 3 N–H and O–H groups in total. The van der Waals surface area contributed by atoms with E-state index in [0.717, 1.165) is 13.0 Å². The molecule has 1 rings (SSSR count). The van der Waals surface area contributed by atoms with Gasteiger partial charge < -0.3 is 20.7 Å². The first-order chi connectivity index (χ1) is 8.00. The maximum atomic E-state index is 11.9. The molecule has 0 aromatic rings. The number of rotatable bonds is 6. The lowest BCUT2D eigenvalue weighted by Crippen LogP contribution is -2.47.